The average Bonchev–Trinajstić information content (AvgIpc) is 2.91. The summed E-state index contributed by atoms with van der Waals surface area (Å²) in [6.07, 6.45) is 4.83. The Morgan fingerprint density at radius 2 is 1.97 bits per heavy atom. The van der Waals surface area contributed by atoms with E-state index < -0.39 is 36.3 Å². The highest BCUT2D eigenvalue weighted by molar-refractivity contribution is 6.34. The predicted octanol–water partition coefficient (Wildman–Crippen LogP) is 4.98. The van der Waals surface area contributed by atoms with Crippen LogP contribution in [0.3, 0.4) is 0 Å². The van der Waals surface area contributed by atoms with Gasteiger partial charge in [-0.2, -0.15) is 0 Å². The first kappa shape index (κ1) is 30.7. The molecule has 1 aromatic carbocycles. The zero-order chi connectivity index (χ0) is 28.6. The van der Waals surface area contributed by atoms with Gasteiger partial charge in [-0.05, 0) is 55.9 Å². The number of carbonyl (C=O) groups excluding carboxylic acids is 2. The number of hydrogen-bond donors (Lipinski definition) is 2. The van der Waals surface area contributed by atoms with Gasteiger partial charge in [0.05, 0.1) is 30.0 Å². The van der Waals surface area contributed by atoms with Gasteiger partial charge in [0.25, 0.3) is 24.2 Å². The number of hydrogen-bond acceptors (Lipinski definition) is 5. The Balaban J connectivity index is 1.41. The second-order valence-corrected chi connectivity index (χ2v) is 10.1. The number of ether oxygens (including phenoxy) is 2. The molecular weight excluding hydrogens is 544 g/mol. The Morgan fingerprint density at radius 3 is 2.56 bits per heavy atom. The van der Waals surface area contributed by atoms with Crippen molar-refractivity contribution in [1.82, 2.24) is 10.2 Å². The summed E-state index contributed by atoms with van der Waals surface area (Å²) in [5, 5.41) is 13.0. The molecule has 0 aliphatic carbocycles. The maximum atomic E-state index is 14.4. The normalized spacial score (nSPS) is 17.8. The highest BCUT2D eigenvalue weighted by Crippen LogP contribution is 2.39. The van der Waals surface area contributed by atoms with E-state index >= 15 is 0 Å². The van der Waals surface area contributed by atoms with Crippen LogP contribution < -0.4 is 10.1 Å². The van der Waals surface area contributed by atoms with Crippen LogP contribution in [0, 0.1) is 5.92 Å². The van der Waals surface area contributed by atoms with Gasteiger partial charge in [0.15, 0.2) is 0 Å². The first-order valence-corrected chi connectivity index (χ1v) is 13.2. The quantitative estimate of drug-likeness (QED) is 0.271. The SMILES string of the molecule is CC(F)(F)C(O)(C(=O)N1CCC(CCCCOc2ccc(C(=O)NCC(F)F)c(Cl)c2)CC1)C1=COCC=C1. The summed E-state index contributed by atoms with van der Waals surface area (Å²) in [5.74, 6) is -4.67. The third-order valence-electron chi connectivity index (χ3n) is 6.84. The van der Waals surface area contributed by atoms with Crippen LogP contribution >= 0.6 is 11.6 Å². The van der Waals surface area contributed by atoms with Gasteiger partial charge in [-0.1, -0.05) is 24.1 Å². The van der Waals surface area contributed by atoms with E-state index in [9.17, 15) is 32.3 Å². The Labute approximate surface area is 229 Å². The van der Waals surface area contributed by atoms with Crippen LogP contribution in [0.4, 0.5) is 17.6 Å². The van der Waals surface area contributed by atoms with E-state index in [0.29, 0.717) is 38.0 Å². The standard InChI is InChI=1S/C27H33ClF4N2O5/c1-26(31,32)27(37,19-6-4-13-38-17-19)25(36)34-11-9-18(10-12-34)5-2-3-14-39-20-7-8-21(22(28)15-20)24(35)33-16-23(29)30/h4,6-8,15,17-18,23,37H,2-3,5,9-14,16H2,1H3,(H,33,35). The van der Waals surface area contributed by atoms with E-state index in [0.717, 1.165) is 25.5 Å². The molecule has 0 aromatic heterocycles. The molecule has 3 rings (SSSR count). The Bertz CT molecular complexity index is 1070. The molecule has 2 aliphatic heterocycles. The van der Waals surface area contributed by atoms with Crippen LogP contribution in [0.25, 0.3) is 0 Å². The minimum atomic E-state index is -3.71. The Kier molecular flexibility index (Phi) is 10.7. The summed E-state index contributed by atoms with van der Waals surface area (Å²) in [5.41, 5.74) is -3.18. The number of amides is 2. The fraction of sp³-hybridized carbons (Fsp3) is 0.556. The van der Waals surface area contributed by atoms with Gasteiger partial charge in [-0.25, -0.2) is 17.6 Å². The average molecular weight is 577 g/mol. The zero-order valence-corrected chi connectivity index (χ0v) is 22.4. The summed E-state index contributed by atoms with van der Waals surface area (Å²) in [7, 11) is 0. The number of unbranched alkanes of at least 4 members (excludes halogenated alkanes) is 1. The molecule has 0 saturated carbocycles. The number of likely N-dealkylation sites (tertiary alicyclic amines) is 1. The summed E-state index contributed by atoms with van der Waals surface area (Å²) < 4.78 is 64.1. The number of benzene rings is 1. The van der Waals surface area contributed by atoms with E-state index in [2.05, 4.69) is 5.32 Å². The van der Waals surface area contributed by atoms with E-state index in [-0.39, 0.29) is 35.9 Å². The molecule has 1 unspecified atom stereocenters. The third kappa shape index (κ3) is 7.88. The zero-order valence-electron chi connectivity index (χ0n) is 21.6. The van der Waals surface area contributed by atoms with Crippen molar-refractivity contribution in [3.63, 3.8) is 0 Å². The smallest absolute Gasteiger partial charge is 0.286 e. The number of nitrogens with zero attached hydrogens (tertiary/aromatic N) is 1. The molecule has 0 spiro atoms. The topological polar surface area (TPSA) is 88.1 Å². The summed E-state index contributed by atoms with van der Waals surface area (Å²) in [6, 6.07) is 4.41. The Morgan fingerprint density at radius 1 is 1.26 bits per heavy atom. The lowest BCUT2D eigenvalue weighted by Crippen LogP contribution is -2.60. The fourth-order valence-electron chi connectivity index (χ4n) is 4.59. The van der Waals surface area contributed by atoms with Crippen molar-refractivity contribution in [3.8, 4) is 5.75 Å². The molecular formula is C27H33ClF4N2O5. The first-order valence-electron chi connectivity index (χ1n) is 12.8. The predicted molar refractivity (Wildman–Crippen MR) is 137 cm³/mol. The molecule has 1 saturated heterocycles. The van der Waals surface area contributed by atoms with Crippen molar-refractivity contribution < 1.29 is 41.7 Å². The van der Waals surface area contributed by atoms with Gasteiger partial charge in [0.2, 0.25) is 5.60 Å². The fourth-order valence-corrected chi connectivity index (χ4v) is 4.85. The molecule has 2 N–H and O–H groups in total. The van der Waals surface area contributed by atoms with Gasteiger partial charge < -0.3 is 24.8 Å². The summed E-state index contributed by atoms with van der Waals surface area (Å²) in [4.78, 5) is 26.2. The van der Waals surface area contributed by atoms with Crippen LogP contribution in [0.15, 0.2) is 42.2 Å². The molecule has 1 atom stereocenters. The first-order chi connectivity index (χ1) is 18.4. The molecule has 2 aliphatic rings. The molecule has 216 valence electrons. The van der Waals surface area contributed by atoms with E-state index in [1.165, 1.54) is 29.2 Å². The number of piperidine rings is 1. The lowest BCUT2D eigenvalue weighted by molar-refractivity contribution is -0.184. The number of aliphatic hydroxyl groups is 1. The van der Waals surface area contributed by atoms with Crippen LogP contribution in [-0.4, -0.2) is 72.6 Å². The second kappa shape index (κ2) is 13.5. The maximum absolute atomic E-state index is 14.4. The number of rotatable bonds is 12. The minimum Gasteiger partial charge on any atom is -0.497 e. The lowest BCUT2D eigenvalue weighted by Gasteiger charge is -2.40. The minimum absolute atomic E-state index is 0.0795. The van der Waals surface area contributed by atoms with Crippen molar-refractivity contribution in [1.29, 1.82) is 0 Å². The number of alkyl halides is 4. The molecule has 1 aromatic rings. The highest BCUT2D eigenvalue weighted by Gasteiger charge is 2.59. The van der Waals surface area contributed by atoms with Crippen LogP contribution in [-0.2, 0) is 9.53 Å². The second-order valence-electron chi connectivity index (χ2n) is 9.73. The van der Waals surface area contributed by atoms with Crippen molar-refractivity contribution in [3.05, 3.63) is 52.8 Å². The van der Waals surface area contributed by atoms with Gasteiger partial charge >= 0.3 is 0 Å². The van der Waals surface area contributed by atoms with Gasteiger partial charge in [-0.3, -0.25) is 9.59 Å². The van der Waals surface area contributed by atoms with Gasteiger partial charge in [-0.15, -0.1) is 0 Å². The van der Waals surface area contributed by atoms with Gasteiger partial charge in [0, 0.05) is 25.6 Å². The molecule has 0 bridgehead atoms. The van der Waals surface area contributed by atoms with Gasteiger partial charge in [0.1, 0.15) is 12.4 Å². The monoisotopic (exact) mass is 576 g/mol. The number of nitrogens with one attached hydrogen (secondary N) is 1. The highest BCUT2D eigenvalue weighted by atomic mass is 35.5. The summed E-state index contributed by atoms with van der Waals surface area (Å²) in [6.45, 7) is 0.889. The van der Waals surface area contributed by atoms with E-state index in [1.54, 1.807) is 6.07 Å². The Hall–Kier alpha value is -2.79. The molecule has 2 amide bonds. The van der Waals surface area contributed by atoms with Crippen LogP contribution in [0.1, 0.15) is 49.4 Å². The molecule has 2 heterocycles. The molecule has 7 nitrogen and oxygen atoms in total. The molecule has 0 radical (unpaired) electrons. The number of carbonyl (C=O) groups is 2. The van der Waals surface area contributed by atoms with E-state index in [4.69, 9.17) is 21.1 Å². The number of halogens is 5. The molecule has 39 heavy (non-hydrogen) atoms. The maximum Gasteiger partial charge on any atom is 0.286 e. The van der Waals surface area contributed by atoms with Crippen molar-refractivity contribution >= 4 is 23.4 Å². The lowest BCUT2D eigenvalue weighted by atomic mass is 9.84. The van der Waals surface area contributed by atoms with Crippen molar-refractivity contribution in [2.24, 2.45) is 5.92 Å². The van der Waals surface area contributed by atoms with E-state index in [1.807, 2.05) is 0 Å². The summed E-state index contributed by atoms with van der Waals surface area (Å²) >= 11 is 6.09. The third-order valence-corrected chi connectivity index (χ3v) is 7.15. The van der Waals surface area contributed by atoms with Crippen LogP contribution in [0.2, 0.25) is 5.02 Å². The van der Waals surface area contributed by atoms with Crippen LogP contribution in [0.5, 0.6) is 5.75 Å². The molecule has 1 fully saturated rings. The van der Waals surface area contributed by atoms with Crippen molar-refractivity contribution in [2.75, 3.05) is 32.8 Å². The largest absolute Gasteiger partial charge is 0.497 e. The molecule has 12 heteroatoms. The van der Waals surface area contributed by atoms with Crippen molar-refractivity contribution in [2.45, 2.75) is 57.0 Å².